The maximum Gasteiger partial charge on any atom is 0.249 e. The van der Waals surface area contributed by atoms with Crippen molar-refractivity contribution < 1.29 is 20.1 Å². The molecule has 4 N–H and O–H groups in total. The molecule has 0 fully saturated rings. The summed E-state index contributed by atoms with van der Waals surface area (Å²) in [5, 5.41) is 33.3. The third-order valence-corrected chi connectivity index (χ3v) is 13.0. The third kappa shape index (κ3) is 46.6. The molecule has 5 nitrogen and oxygen atoms in total. The molecular weight excluding hydrogens is 763 g/mol. The molecule has 5 heteroatoms. The van der Waals surface area contributed by atoms with Crippen molar-refractivity contribution in [1.82, 2.24) is 5.32 Å². The molecule has 0 aromatic heterocycles. The van der Waals surface area contributed by atoms with Gasteiger partial charge >= 0.3 is 0 Å². The van der Waals surface area contributed by atoms with Crippen LogP contribution in [0.15, 0.2) is 36.5 Å². The maximum atomic E-state index is 12.5. The van der Waals surface area contributed by atoms with Crippen LogP contribution in [-0.4, -0.2) is 46.1 Å². The normalized spacial score (nSPS) is 13.6. The summed E-state index contributed by atoms with van der Waals surface area (Å²) in [6.45, 7) is 4.19. The van der Waals surface area contributed by atoms with Crippen molar-refractivity contribution in [2.75, 3.05) is 6.61 Å². The van der Waals surface area contributed by atoms with E-state index >= 15 is 0 Å². The van der Waals surface area contributed by atoms with E-state index in [-0.39, 0.29) is 6.61 Å². The van der Waals surface area contributed by atoms with Gasteiger partial charge in [0.05, 0.1) is 18.8 Å². The Balaban J connectivity index is 3.55. The molecule has 0 aliphatic carbocycles. The van der Waals surface area contributed by atoms with Crippen molar-refractivity contribution in [3.8, 4) is 0 Å². The zero-order valence-corrected chi connectivity index (χ0v) is 41.8. The van der Waals surface area contributed by atoms with E-state index in [0.717, 1.165) is 38.5 Å². The predicted molar refractivity (Wildman–Crippen MR) is 273 cm³/mol. The lowest BCUT2D eigenvalue weighted by Crippen LogP contribution is -2.48. The van der Waals surface area contributed by atoms with Gasteiger partial charge in [0.1, 0.15) is 6.10 Å². The number of carbonyl (C=O) groups excluding carboxylic acids is 1. The molecule has 0 saturated carbocycles. The van der Waals surface area contributed by atoms with Crippen molar-refractivity contribution in [1.29, 1.82) is 0 Å². The smallest absolute Gasteiger partial charge is 0.249 e. The molecule has 366 valence electrons. The molecule has 1 amide bonds. The summed E-state index contributed by atoms with van der Waals surface area (Å²) in [6, 6.07) is -0.814. The zero-order valence-electron chi connectivity index (χ0n) is 41.8. The fraction of sp³-hybridized carbons (Fsp3) is 0.877. The highest BCUT2D eigenvalue weighted by molar-refractivity contribution is 5.80. The van der Waals surface area contributed by atoms with Gasteiger partial charge in [-0.25, -0.2) is 0 Å². The number of aliphatic hydroxyl groups is 3. The van der Waals surface area contributed by atoms with Gasteiger partial charge < -0.3 is 20.6 Å². The lowest BCUT2D eigenvalue weighted by atomic mass is 10.0. The van der Waals surface area contributed by atoms with Crippen molar-refractivity contribution in [3.05, 3.63) is 36.5 Å². The molecule has 62 heavy (non-hydrogen) atoms. The Bertz CT molecular complexity index is 962. The van der Waals surface area contributed by atoms with E-state index in [0.29, 0.717) is 6.42 Å². The second kappa shape index (κ2) is 52.2. The maximum absolute atomic E-state index is 12.5. The van der Waals surface area contributed by atoms with Crippen LogP contribution in [0.4, 0.5) is 0 Å². The SMILES string of the molecule is CCCCCCCCCCCCC/C=C/CC/C=C/C(O)C(CO)NC(=O)C(O)CCCCCCCCCCCCCCCCC/C=C\CCCCCCCCCCCCCC. The van der Waals surface area contributed by atoms with Crippen LogP contribution in [0.3, 0.4) is 0 Å². The van der Waals surface area contributed by atoms with Gasteiger partial charge in [-0.3, -0.25) is 4.79 Å². The van der Waals surface area contributed by atoms with E-state index < -0.39 is 24.2 Å². The minimum atomic E-state index is -1.11. The van der Waals surface area contributed by atoms with E-state index in [4.69, 9.17) is 0 Å². The highest BCUT2D eigenvalue weighted by atomic mass is 16.3. The van der Waals surface area contributed by atoms with Gasteiger partial charge in [0.2, 0.25) is 5.91 Å². The number of nitrogens with one attached hydrogen (secondary N) is 1. The Kier molecular flexibility index (Phi) is 51.0. The van der Waals surface area contributed by atoms with Gasteiger partial charge in [-0.05, 0) is 57.8 Å². The van der Waals surface area contributed by atoms with Gasteiger partial charge in [-0.2, -0.15) is 0 Å². The molecule has 0 saturated heterocycles. The fourth-order valence-corrected chi connectivity index (χ4v) is 8.61. The van der Waals surface area contributed by atoms with Crippen LogP contribution in [0.2, 0.25) is 0 Å². The predicted octanol–water partition coefficient (Wildman–Crippen LogP) is 17.1. The van der Waals surface area contributed by atoms with Crippen LogP contribution < -0.4 is 5.32 Å². The minimum Gasteiger partial charge on any atom is -0.394 e. The van der Waals surface area contributed by atoms with E-state index in [2.05, 4.69) is 43.5 Å². The van der Waals surface area contributed by atoms with Gasteiger partial charge in [-0.1, -0.05) is 275 Å². The van der Waals surface area contributed by atoms with Crippen molar-refractivity contribution >= 4 is 5.91 Å². The molecule has 0 radical (unpaired) electrons. The monoisotopic (exact) mass is 872 g/mol. The summed E-state index contributed by atoms with van der Waals surface area (Å²) in [5.74, 6) is -0.509. The van der Waals surface area contributed by atoms with Gasteiger partial charge in [0.25, 0.3) is 0 Å². The number of rotatable bonds is 51. The number of amides is 1. The van der Waals surface area contributed by atoms with Crippen molar-refractivity contribution in [3.63, 3.8) is 0 Å². The van der Waals surface area contributed by atoms with E-state index in [9.17, 15) is 20.1 Å². The lowest BCUT2D eigenvalue weighted by Gasteiger charge is -2.21. The molecule has 0 aromatic carbocycles. The highest BCUT2D eigenvalue weighted by Crippen LogP contribution is 2.17. The highest BCUT2D eigenvalue weighted by Gasteiger charge is 2.22. The van der Waals surface area contributed by atoms with E-state index in [1.54, 1.807) is 6.08 Å². The first-order valence-electron chi connectivity index (χ1n) is 27.8. The zero-order chi connectivity index (χ0) is 45.1. The second-order valence-corrected chi connectivity index (χ2v) is 19.1. The molecule has 0 aliphatic heterocycles. The molecule has 3 atom stereocenters. The number of allylic oxidation sites excluding steroid dienone is 5. The molecule has 0 aromatic rings. The fourth-order valence-electron chi connectivity index (χ4n) is 8.61. The van der Waals surface area contributed by atoms with Crippen LogP contribution in [-0.2, 0) is 4.79 Å². The first-order chi connectivity index (χ1) is 30.6. The van der Waals surface area contributed by atoms with Crippen LogP contribution in [0.25, 0.3) is 0 Å². The summed E-state index contributed by atoms with van der Waals surface area (Å²) >= 11 is 0. The Morgan fingerprint density at radius 2 is 0.661 bits per heavy atom. The van der Waals surface area contributed by atoms with Crippen LogP contribution in [0, 0.1) is 0 Å². The Hall–Kier alpha value is -1.43. The van der Waals surface area contributed by atoms with Gasteiger partial charge in [-0.15, -0.1) is 0 Å². The first-order valence-corrected chi connectivity index (χ1v) is 27.8. The Morgan fingerprint density at radius 1 is 0.387 bits per heavy atom. The molecule has 3 unspecified atom stereocenters. The largest absolute Gasteiger partial charge is 0.394 e. The third-order valence-electron chi connectivity index (χ3n) is 13.0. The van der Waals surface area contributed by atoms with Crippen molar-refractivity contribution in [2.24, 2.45) is 0 Å². The number of unbranched alkanes of at least 4 members (excludes halogenated alkanes) is 39. The minimum absolute atomic E-state index is 0.374. The summed E-state index contributed by atoms with van der Waals surface area (Å²) in [7, 11) is 0. The van der Waals surface area contributed by atoms with E-state index in [1.807, 2.05) is 6.08 Å². The van der Waals surface area contributed by atoms with E-state index in [1.165, 1.54) is 238 Å². The second-order valence-electron chi connectivity index (χ2n) is 19.1. The average Bonchev–Trinajstić information content (AvgIpc) is 3.28. The first kappa shape index (κ1) is 60.6. The Labute approximate surface area is 387 Å². The summed E-state index contributed by atoms with van der Waals surface area (Å²) in [6.07, 6.45) is 68.0. The standard InChI is InChI=1S/C57H109NO4/c1-3-5-7-9-11-13-15-17-19-21-22-23-24-25-26-27-28-29-30-31-32-33-34-36-38-40-42-44-46-48-50-52-56(61)57(62)58-54(53-59)55(60)51-49-47-45-43-41-39-37-35-20-18-16-14-12-10-8-6-4-2/h25-26,41,43,49,51,54-56,59-61H,3-24,27-40,42,44-48,50,52-53H2,1-2H3,(H,58,62)/b26-25-,43-41+,51-49+. The molecule has 0 heterocycles. The van der Waals surface area contributed by atoms with Crippen LogP contribution in [0.5, 0.6) is 0 Å². The summed E-state index contributed by atoms with van der Waals surface area (Å²) in [5.41, 5.74) is 0. The molecule has 0 rings (SSSR count). The molecule has 0 aliphatic rings. The summed E-state index contributed by atoms with van der Waals surface area (Å²) in [4.78, 5) is 12.5. The number of hydrogen-bond donors (Lipinski definition) is 4. The quantitative estimate of drug-likeness (QED) is 0.0362. The Morgan fingerprint density at radius 3 is 0.984 bits per heavy atom. The number of hydrogen-bond acceptors (Lipinski definition) is 4. The number of carbonyl (C=O) groups is 1. The van der Waals surface area contributed by atoms with Crippen molar-refractivity contribution in [2.45, 2.75) is 315 Å². The molecular formula is C57H109NO4. The average molecular weight is 873 g/mol. The topological polar surface area (TPSA) is 89.8 Å². The molecule has 0 spiro atoms. The molecule has 0 bridgehead atoms. The summed E-state index contributed by atoms with van der Waals surface area (Å²) < 4.78 is 0. The van der Waals surface area contributed by atoms with Crippen LogP contribution >= 0.6 is 0 Å². The van der Waals surface area contributed by atoms with Crippen LogP contribution in [0.1, 0.15) is 296 Å². The number of aliphatic hydroxyl groups excluding tert-OH is 3. The lowest BCUT2D eigenvalue weighted by molar-refractivity contribution is -0.131. The van der Waals surface area contributed by atoms with Gasteiger partial charge in [0, 0.05) is 0 Å². The van der Waals surface area contributed by atoms with Gasteiger partial charge in [0.15, 0.2) is 0 Å².